The van der Waals surface area contributed by atoms with E-state index in [4.69, 9.17) is 19.2 Å². The molecule has 2 aromatic rings. The lowest BCUT2D eigenvalue weighted by atomic mass is 9.93. The number of hydrogen-bond acceptors (Lipinski definition) is 7. The summed E-state index contributed by atoms with van der Waals surface area (Å²) in [6.45, 7) is 10.4. The van der Waals surface area contributed by atoms with Crippen molar-refractivity contribution in [2.24, 2.45) is 0 Å². The first-order chi connectivity index (χ1) is 15.6. The topological polar surface area (TPSA) is 79.9 Å². The molecule has 8 heteroatoms. The normalized spacial score (nSPS) is 18.0. The largest absolute Gasteiger partial charge is 0.493 e. The Morgan fingerprint density at radius 3 is 2.56 bits per heavy atom. The monoisotopic (exact) mass is 442 g/mol. The molecule has 0 unspecified atom stereocenters. The van der Waals surface area contributed by atoms with Gasteiger partial charge in [-0.15, -0.1) is 0 Å². The molecule has 0 spiro atoms. The van der Waals surface area contributed by atoms with Gasteiger partial charge in [0.25, 0.3) is 5.56 Å². The Labute approximate surface area is 189 Å². The summed E-state index contributed by atoms with van der Waals surface area (Å²) in [7, 11) is 1.68. The van der Waals surface area contributed by atoms with Gasteiger partial charge in [0, 0.05) is 31.6 Å². The van der Waals surface area contributed by atoms with Crippen LogP contribution >= 0.6 is 0 Å². The summed E-state index contributed by atoms with van der Waals surface area (Å²) in [5.41, 5.74) is 3.31. The maximum Gasteiger partial charge on any atom is 0.252 e. The van der Waals surface area contributed by atoms with E-state index in [0.717, 1.165) is 62.8 Å². The van der Waals surface area contributed by atoms with Gasteiger partial charge in [-0.3, -0.25) is 14.7 Å². The Morgan fingerprint density at radius 1 is 1.12 bits per heavy atom. The summed E-state index contributed by atoms with van der Waals surface area (Å²) in [5.74, 6) is 2.57. The predicted octanol–water partition coefficient (Wildman–Crippen LogP) is 2.70. The van der Waals surface area contributed by atoms with E-state index in [9.17, 15) is 4.79 Å². The number of aryl methyl sites for hydroxylation is 1. The number of nitrogens with zero attached hydrogens (tertiary/aromatic N) is 3. The second-order valence-electron chi connectivity index (χ2n) is 8.51. The van der Waals surface area contributed by atoms with E-state index in [-0.39, 0.29) is 5.56 Å². The number of piperidine rings is 1. The first kappa shape index (κ1) is 22.6. The number of morpholine rings is 1. The molecule has 8 nitrogen and oxygen atoms in total. The zero-order chi connectivity index (χ0) is 22.5. The van der Waals surface area contributed by atoms with Crippen LogP contribution in [0.25, 0.3) is 0 Å². The minimum atomic E-state index is -0.0729. The van der Waals surface area contributed by atoms with Crippen LogP contribution < -0.4 is 19.9 Å². The average Bonchev–Trinajstić information content (AvgIpc) is 2.82. The fraction of sp³-hybridized carbons (Fsp3) is 0.583. The van der Waals surface area contributed by atoms with E-state index in [2.05, 4.69) is 33.8 Å². The summed E-state index contributed by atoms with van der Waals surface area (Å²) in [6.07, 6.45) is 1.99. The number of methoxy groups -OCH3 is 1. The molecule has 1 aromatic heterocycles. The van der Waals surface area contributed by atoms with Gasteiger partial charge in [0.05, 0.1) is 32.6 Å². The minimum absolute atomic E-state index is 0.0729. The summed E-state index contributed by atoms with van der Waals surface area (Å²) in [5, 5.41) is 0. The molecule has 0 atom stereocenters. The number of aromatic nitrogens is 2. The Balaban J connectivity index is 1.41. The maximum atomic E-state index is 12.3. The van der Waals surface area contributed by atoms with E-state index in [1.807, 2.05) is 6.92 Å². The molecular weight excluding hydrogens is 408 g/mol. The van der Waals surface area contributed by atoms with E-state index < -0.39 is 0 Å². The fourth-order valence-corrected chi connectivity index (χ4v) is 4.53. The van der Waals surface area contributed by atoms with Gasteiger partial charge < -0.3 is 19.1 Å². The molecular formula is C24H34N4O4. The lowest BCUT2D eigenvalue weighted by molar-refractivity contribution is 0.122. The number of ether oxygens (including phenoxy) is 3. The van der Waals surface area contributed by atoms with E-state index >= 15 is 0 Å². The molecule has 2 saturated heterocycles. The SMILES string of the molecule is CCOc1cc(CN2CCC(c3cc(=O)[nH]c(N4CCOCC4)n3)CC2)c(C)cc1OC. The molecule has 1 aromatic carbocycles. The van der Waals surface area contributed by atoms with Gasteiger partial charge in [0.15, 0.2) is 11.5 Å². The number of benzene rings is 1. The highest BCUT2D eigenvalue weighted by Gasteiger charge is 2.24. The highest BCUT2D eigenvalue weighted by Crippen LogP contribution is 2.33. The number of anilines is 1. The van der Waals surface area contributed by atoms with Gasteiger partial charge in [0.1, 0.15) is 0 Å². The van der Waals surface area contributed by atoms with Crippen LogP contribution in [-0.4, -0.2) is 68.0 Å². The van der Waals surface area contributed by atoms with Crippen molar-refractivity contribution in [1.82, 2.24) is 14.9 Å². The number of likely N-dealkylation sites (tertiary alicyclic amines) is 1. The third kappa shape index (κ3) is 5.24. The van der Waals surface area contributed by atoms with Crippen LogP contribution in [0, 0.1) is 6.92 Å². The van der Waals surface area contributed by atoms with Gasteiger partial charge in [0.2, 0.25) is 5.95 Å². The molecule has 0 aliphatic carbocycles. The van der Waals surface area contributed by atoms with E-state index in [0.29, 0.717) is 31.7 Å². The van der Waals surface area contributed by atoms with Crippen molar-refractivity contribution < 1.29 is 14.2 Å². The van der Waals surface area contributed by atoms with Crippen molar-refractivity contribution in [3.63, 3.8) is 0 Å². The highest BCUT2D eigenvalue weighted by atomic mass is 16.5. The second-order valence-corrected chi connectivity index (χ2v) is 8.51. The Morgan fingerprint density at radius 2 is 1.88 bits per heavy atom. The highest BCUT2D eigenvalue weighted by molar-refractivity contribution is 5.47. The van der Waals surface area contributed by atoms with Crippen LogP contribution in [0.15, 0.2) is 23.0 Å². The Bertz CT molecular complexity index is 963. The number of aromatic amines is 1. The van der Waals surface area contributed by atoms with Gasteiger partial charge in [-0.05, 0) is 63.0 Å². The zero-order valence-electron chi connectivity index (χ0n) is 19.4. The molecule has 2 fully saturated rings. The molecule has 0 amide bonds. The molecule has 0 bridgehead atoms. The molecule has 4 rings (SSSR count). The first-order valence-corrected chi connectivity index (χ1v) is 11.5. The lowest BCUT2D eigenvalue weighted by Gasteiger charge is -2.33. The molecule has 1 N–H and O–H groups in total. The van der Waals surface area contributed by atoms with Crippen molar-refractivity contribution in [2.45, 2.75) is 39.2 Å². The number of rotatable bonds is 7. The fourth-order valence-electron chi connectivity index (χ4n) is 4.53. The van der Waals surface area contributed by atoms with Gasteiger partial charge in [-0.1, -0.05) is 0 Å². The summed E-state index contributed by atoms with van der Waals surface area (Å²) < 4.78 is 16.6. The number of H-pyrrole nitrogens is 1. The molecule has 174 valence electrons. The van der Waals surface area contributed by atoms with Crippen LogP contribution in [0.2, 0.25) is 0 Å². The molecule has 3 heterocycles. The summed E-state index contributed by atoms with van der Waals surface area (Å²) >= 11 is 0. The van der Waals surface area contributed by atoms with Crippen molar-refractivity contribution in [3.8, 4) is 11.5 Å². The van der Waals surface area contributed by atoms with Crippen LogP contribution in [0.4, 0.5) is 5.95 Å². The first-order valence-electron chi connectivity index (χ1n) is 11.5. The minimum Gasteiger partial charge on any atom is -0.493 e. The van der Waals surface area contributed by atoms with E-state index in [1.165, 1.54) is 11.1 Å². The molecule has 2 aliphatic rings. The molecule has 0 saturated carbocycles. The second kappa shape index (κ2) is 10.4. The molecule has 2 aliphatic heterocycles. The summed E-state index contributed by atoms with van der Waals surface area (Å²) in [4.78, 5) is 24.6. The standard InChI is InChI=1S/C24H34N4O4/c1-4-32-22-14-19(17(2)13-21(22)30-3)16-27-7-5-18(6-8-27)20-15-23(29)26-24(25-20)28-9-11-31-12-10-28/h13-15,18H,4-12,16H2,1-3H3,(H,25,26,29). The van der Waals surface area contributed by atoms with Crippen molar-refractivity contribution >= 4 is 5.95 Å². The van der Waals surface area contributed by atoms with Gasteiger partial charge in [-0.2, -0.15) is 0 Å². The number of hydrogen-bond donors (Lipinski definition) is 1. The maximum absolute atomic E-state index is 12.3. The third-order valence-electron chi connectivity index (χ3n) is 6.38. The average molecular weight is 443 g/mol. The van der Waals surface area contributed by atoms with Gasteiger partial charge in [-0.25, -0.2) is 4.98 Å². The van der Waals surface area contributed by atoms with Gasteiger partial charge >= 0.3 is 0 Å². The van der Waals surface area contributed by atoms with Crippen molar-refractivity contribution in [3.05, 3.63) is 45.4 Å². The quantitative estimate of drug-likeness (QED) is 0.706. The van der Waals surface area contributed by atoms with E-state index in [1.54, 1.807) is 13.2 Å². The third-order valence-corrected chi connectivity index (χ3v) is 6.38. The summed E-state index contributed by atoms with van der Waals surface area (Å²) in [6, 6.07) is 5.84. The van der Waals surface area contributed by atoms with Crippen molar-refractivity contribution in [1.29, 1.82) is 0 Å². The van der Waals surface area contributed by atoms with Crippen LogP contribution in [0.5, 0.6) is 11.5 Å². The smallest absolute Gasteiger partial charge is 0.252 e. The predicted molar refractivity (Wildman–Crippen MR) is 124 cm³/mol. The lowest BCUT2D eigenvalue weighted by Crippen LogP contribution is -2.39. The zero-order valence-corrected chi connectivity index (χ0v) is 19.4. The van der Waals surface area contributed by atoms with Crippen LogP contribution in [0.1, 0.15) is 42.5 Å². The Hall–Kier alpha value is -2.58. The molecule has 0 radical (unpaired) electrons. The Kier molecular flexibility index (Phi) is 7.32. The van der Waals surface area contributed by atoms with Crippen molar-refractivity contribution in [2.75, 3.05) is 58.0 Å². The number of nitrogens with one attached hydrogen (secondary N) is 1. The van der Waals surface area contributed by atoms with Crippen LogP contribution in [0.3, 0.4) is 0 Å². The van der Waals surface area contributed by atoms with Crippen LogP contribution in [-0.2, 0) is 11.3 Å². The molecule has 32 heavy (non-hydrogen) atoms.